The van der Waals surface area contributed by atoms with Crippen LogP contribution in [0.5, 0.6) is 0 Å². The summed E-state index contributed by atoms with van der Waals surface area (Å²) in [5.74, 6) is 0. The van der Waals surface area contributed by atoms with Crippen LogP contribution >= 0.6 is 22.9 Å². The van der Waals surface area contributed by atoms with Crippen LogP contribution < -0.4 is 10.6 Å². The third kappa shape index (κ3) is 2.79. The summed E-state index contributed by atoms with van der Waals surface area (Å²) in [6.07, 6.45) is 2.30. The third-order valence-electron chi connectivity index (χ3n) is 4.44. The molecule has 4 rings (SSSR count). The summed E-state index contributed by atoms with van der Waals surface area (Å²) in [5, 5.41) is 10.6. The minimum atomic E-state index is -0.257. The second-order valence-corrected chi connectivity index (χ2v) is 7.29. The molecule has 1 saturated heterocycles. The van der Waals surface area contributed by atoms with Gasteiger partial charge in [0, 0.05) is 12.8 Å². The van der Waals surface area contributed by atoms with E-state index in [1.165, 1.54) is 19.1 Å². The summed E-state index contributed by atoms with van der Waals surface area (Å²) in [6.45, 7) is 1.56. The highest BCUT2D eigenvalue weighted by Crippen LogP contribution is 2.23. The smallest absolute Gasteiger partial charge is 0.309 e. The number of rotatable bonds is 4. The number of hydrogen-bond donors (Lipinski definition) is 1. The number of nitrogens with zero attached hydrogens (tertiary/aromatic N) is 4. The Hall–Kier alpha value is -1.96. The van der Waals surface area contributed by atoms with Crippen molar-refractivity contribution in [1.82, 2.24) is 19.8 Å². The molecule has 1 aliphatic heterocycles. The number of nitrogens with one attached hydrogen (secondary N) is 1. The number of aromatic nitrogens is 4. The fourth-order valence-electron chi connectivity index (χ4n) is 3.27. The van der Waals surface area contributed by atoms with E-state index in [4.69, 9.17) is 11.6 Å². The van der Waals surface area contributed by atoms with E-state index in [9.17, 15) is 4.79 Å². The molecule has 1 unspecified atom stereocenters. The molecule has 2 atom stereocenters. The van der Waals surface area contributed by atoms with Crippen molar-refractivity contribution in [3.63, 3.8) is 0 Å². The van der Waals surface area contributed by atoms with Gasteiger partial charge < -0.3 is 4.90 Å². The van der Waals surface area contributed by atoms with Gasteiger partial charge in [0.25, 0.3) is 0 Å². The Bertz CT molecular complexity index is 888. The van der Waals surface area contributed by atoms with Crippen LogP contribution in [0, 0.1) is 0 Å². The molecule has 8 heteroatoms. The summed E-state index contributed by atoms with van der Waals surface area (Å²) in [6, 6.07) is 11.8. The van der Waals surface area contributed by atoms with Gasteiger partial charge in [-0.05, 0) is 34.0 Å². The molecule has 0 amide bonds. The van der Waals surface area contributed by atoms with E-state index in [1.54, 1.807) is 23.5 Å². The van der Waals surface area contributed by atoms with E-state index < -0.39 is 0 Å². The molecular formula is C16H17ClN5OS+. The zero-order chi connectivity index (χ0) is 16.5. The Morgan fingerprint density at radius 3 is 2.92 bits per heavy atom. The van der Waals surface area contributed by atoms with Crippen LogP contribution in [0.15, 0.2) is 46.6 Å². The van der Waals surface area contributed by atoms with Gasteiger partial charge in [0.15, 0.2) is 6.67 Å². The molecule has 1 aliphatic rings. The maximum absolute atomic E-state index is 12.6. The van der Waals surface area contributed by atoms with Crippen LogP contribution in [0.25, 0.3) is 5.69 Å². The van der Waals surface area contributed by atoms with Gasteiger partial charge in [0.2, 0.25) is 0 Å². The van der Waals surface area contributed by atoms with Crippen LogP contribution in [-0.4, -0.2) is 26.3 Å². The highest BCUT2D eigenvalue weighted by Gasteiger charge is 2.31. The fraction of sp³-hybridized carbons (Fsp3) is 0.312. The molecule has 3 aromatic rings. The summed E-state index contributed by atoms with van der Waals surface area (Å²) in [5.41, 5.74) is 0.300. The van der Waals surface area contributed by atoms with E-state index in [2.05, 4.69) is 27.9 Å². The number of quaternary nitrogens is 1. The van der Waals surface area contributed by atoms with Crippen molar-refractivity contribution < 1.29 is 4.90 Å². The summed E-state index contributed by atoms with van der Waals surface area (Å²) in [7, 11) is 0. The van der Waals surface area contributed by atoms with Gasteiger partial charge in [-0.15, -0.1) is 16.0 Å². The molecule has 0 spiro atoms. The topological polar surface area (TPSA) is 57.1 Å². The zero-order valence-electron chi connectivity index (χ0n) is 12.9. The predicted molar refractivity (Wildman–Crippen MR) is 92.8 cm³/mol. The normalized spacial score (nSPS) is 20.5. The first-order valence-electron chi connectivity index (χ1n) is 7.90. The molecule has 0 radical (unpaired) electrons. The average Bonchev–Trinajstić information content (AvgIpc) is 3.31. The van der Waals surface area contributed by atoms with Gasteiger partial charge in [0.05, 0.1) is 22.1 Å². The monoisotopic (exact) mass is 362 g/mol. The van der Waals surface area contributed by atoms with Crippen molar-refractivity contribution in [3.8, 4) is 5.69 Å². The molecule has 0 aliphatic carbocycles. The van der Waals surface area contributed by atoms with Gasteiger partial charge in [0.1, 0.15) is 6.04 Å². The number of tetrazole rings is 1. The summed E-state index contributed by atoms with van der Waals surface area (Å²) < 4.78 is 2.70. The molecule has 0 bridgehead atoms. The van der Waals surface area contributed by atoms with Crippen molar-refractivity contribution in [2.75, 3.05) is 6.54 Å². The van der Waals surface area contributed by atoms with Crippen molar-refractivity contribution in [2.45, 2.75) is 25.6 Å². The minimum absolute atomic E-state index is 0.257. The molecule has 124 valence electrons. The number of likely N-dealkylation sites (tertiary alicyclic amines) is 1. The highest BCUT2D eigenvalue weighted by molar-refractivity contribution is 7.10. The van der Waals surface area contributed by atoms with Crippen LogP contribution in [0.4, 0.5) is 0 Å². The summed E-state index contributed by atoms with van der Waals surface area (Å²) in [4.78, 5) is 15.4. The summed E-state index contributed by atoms with van der Waals surface area (Å²) >= 11 is 7.94. The SMILES string of the molecule is O=c1n(C[NH+]2CCC[C@H]2c2cccs2)nnn1-c1ccccc1Cl. The number of halogens is 1. The number of thiophene rings is 1. The number of hydrogen-bond acceptors (Lipinski definition) is 4. The standard InChI is InChI=1S/C16H16ClN5OS/c17-12-5-1-2-6-13(12)22-16(23)21(18-19-22)11-20-9-3-7-14(20)15-8-4-10-24-15/h1-2,4-6,8,10,14H,3,7,9,11H2/p+1/t14-/m0/s1. The predicted octanol–water partition coefficient (Wildman–Crippen LogP) is 1.52. The van der Waals surface area contributed by atoms with Crippen molar-refractivity contribution in [2.24, 2.45) is 0 Å². The van der Waals surface area contributed by atoms with E-state index in [1.807, 2.05) is 12.1 Å². The molecular weight excluding hydrogens is 346 g/mol. The molecule has 6 nitrogen and oxygen atoms in total. The molecule has 1 fully saturated rings. The molecule has 2 aromatic heterocycles. The quantitative estimate of drug-likeness (QED) is 0.765. The first kappa shape index (κ1) is 15.6. The van der Waals surface area contributed by atoms with Gasteiger partial charge in [-0.1, -0.05) is 29.8 Å². The first-order valence-corrected chi connectivity index (χ1v) is 9.15. The van der Waals surface area contributed by atoms with Crippen molar-refractivity contribution >= 4 is 22.9 Å². The van der Waals surface area contributed by atoms with Crippen LogP contribution in [0.1, 0.15) is 23.8 Å². The lowest BCUT2D eigenvalue weighted by Gasteiger charge is -2.19. The van der Waals surface area contributed by atoms with E-state index >= 15 is 0 Å². The van der Waals surface area contributed by atoms with E-state index in [0.717, 1.165) is 19.4 Å². The number of para-hydroxylation sites is 1. The Balaban J connectivity index is 1.60. The van der Waals surface area contributed by atoms with Gasteiger partial charge in [-0.2, -0.15) is 4.68 Å². The lowest BCUT2D eigenvalue weighted by atomic mass is 10.2. The Labute approximate surface area is 147 Å². The number of benzene rings is 1. The van der Waals surface area contributed by atoms with E-state index in [0.29, 0.717) is 23.4 Å². The van der Waals surface area contributed by atoms with Gasteiger partial charge >= 0.3 is 5.69 Å². The molecule has 1 N–H and O–H groups in total. The second-order valence-electron chi connectivity index (χ2n) is 5.90. The third-order valence-corrected chi connectivity index (χ3v) is 5.75. The van der Waals surface area contributed by atoms with Gasteiger partial charge in [-0.3, -0.25) is 0 Å². The fourth-order valence-corrected chi connectivity index (χ4v) is 4.41. The zero-order valence-corrected chi connectivity index (χ0v) is 14.5. The maximum Gasteiger partial charge on any atom is 0.373 e. The van der Waals surface area contributed by atoms with Crippen molar-refractivity contribution in [1.29, 1.82) is 0 Å². The lowest BCUT2D eigenvalue weighted by molar-refractivity contribution is -0.941. The van der Waals surface area contributed by atoms with Crippen LogP contribution in [0.2, 0.25) is 5.02 Å². The largest absolute Gasteiger partial charge is 0.373 e. The molecule has 3 heterocycles. The Morgan fingerprint density at radius 2 is 2.12 bits per heavy atom. The Morgan fingerprint density at radius 1 is 1.25 bits per heavy atom. The Kier molecular flexibility index (Phi) is 4.22. The average molecular weight is 363 g/mol. The molecule has 1 aromatic carbocycles. The van der Waals surface area contributed by atoms with Crippen LogP contribution in [-0.2, 0) is 6.67 Å². The van der Waals surface area contributed by atoms with E-state index in [-0.39, 0.29) is 5.69 Å². The first-order chi connectivity index (χ1) is 11.7. The van der Waals surface area contributed by atoms with Gasteiger partial charge in [-0.25, -0.2) is 4.79 Å². The minimum Gasteiger partial charge on any atom is -0.309 e. The molecule has 0 saturated carbocycles. The lowest BCUT2D eigenvalue weighted by Crippen LogP contribution is -3.09. The van der Waals surface area contributed by atoms with Crippen molar-refractivity contribution in [3.05, 3.63) is 62.2 Å². The highest BCUT2D eigenvalue weighted by atomic mass is 35.5. The second kappa shape index (κ2) is 6.51. The molecule has 24 heavy (non-hydrogen) atoms. The van der Waals surface area contributed by atoms with Crippen LogP contribution in [0.3, 0.4) is 0 Å². The maximum atomic E-state index is 12.6.